The fraction of sp³-hybridized carbons (Fsp3) is 0.385. The summed E-state index contributed by atoms with van der Waals surface area (Å²) in [6, 6.07) is 8.01. The van der Waals surface area contributed by atoms with Crippen LogP contribution < -0.4 is 4.74 Å². The molecule has 1 atom stereocenters. The van der Waals surface area contributed by atoms with Gasteiger partial charge in [0.1, 0.15) is 5.76 Å². The molecule has 2 N–H and O–H groups in total. The molecule has 0 saturated carbocycles. The molecule has 1 fully saturated rings. The van der Waals surface area contributed by atoms with Gasteiger partial charge in [0, 0.05) is 18.7 Å². The lowest BCUT2D eigenvalue weighted by atomic mass is 9.93. The predicted octanol–water partition coefficient (Wildman–Crippen LogP) is 4.54. The highest BCUT2D eigenvalue weighted by molar-refractivity contribution is 9.10. The summed E-state index contributed by atoms with van der Waals surface area (Å²) < 4.78 is 5.67. The van der Waals surface area contributed by atoms with E-state index in [1.54, 1.807) is 18.2 Å². The molecule has 0 bridgehead atoms. The Labute approximate surface area is 208 Å². The van der Waals surface area contributed by atoms with Gasteiger partial charge in [-0.15, -0.1) is 0 Å². The van der Waals surface area contributed by atoms with Crippen LogP contribution in [0.3, 0.4) is 0 Å². The zero-order valence-electron chi connectivity index (χ0n) is 20.2. The lowest BCUT2D eigenvalue weighted by Crippen LogP contribution is -2.38. The van der Waals surface area contributed by atoms with Crippen molar-refractivity contribution in [3.63, 3.8) is 0 Å². The standard InChI is InChI=1S/C26H31BrN2O5/c1-6-28(7-2)10-11-29-22(17-13-19(27)24(31)20(14-17)34-5)21(25(32)26(29)33)23(30)18-12-15(3)8-9-16(18)4/h8-9,12-14,22,30-31H,6-7,10-11H2,1-5H3/b23-21+. The van der Waals surface area contributed by atoms with Crippen LogP contribution >= 0.6 is 15.9 Å². The van der Waals surface area contributed by atoms with Gasteiger partial charge in [-0.25, -0.2) is 0 Å². The molecule has 1 aliphatic heterocycles. The highest BCUT2D eigenvalue weighted by Gasteiger charge is 2.46. The first kappa shape index (κ1) is 25.8. The number of carbonyl (C=O) groups excluding carboxylic acids is 2. The number of aromatic hydroxyl groups is 1. The van der Waals surface area contributed by atoms with E-state index >= 15 is 0 Å². The van der Waals surface area contributed by atoms with Gasteiger partial charge in [0.15, 0.2) is 11.5 Å². The number of nitrogens with zero attached hydrogens (tertiary/aromatic N) is 2. The van der Waals surface area contributed by atoms with Gasteiger partial charge in [-0.3, -0.25) is 9.59 Å². The Balaban J connectivity index is 2.23. The number of likely N-dealkylation sites (tertiary alicyclic amines) is 1. The summed E-state index contributed by atoms with van der Waals surface area (Å²) in [5.74, 6) is -1.48. The van der Waals surface area contributed by atoms with Gasteiger partial charge in [-0.1, -0.05) is 31.5 Å². The Morgan fingerprint density at radius 1 is 1.15 bits per heavy atom. The summed E-state index contributed by atoms with van der Waals surface area (Å²) in [7, 11) is 1.43. The molecule has 0 aliphatic carbocycles. The Hall–Kier alpha value is -2.84. The van der Waals surface area contributed by atoms with E-state index in [-0.39, 0.29) is 22.8 Å². The van der Waals surface area contributed by atoms with Crippen LogP contribution in [-0.4, -0.2) is 65.0 Å². The van der Waals surface area contributed by atoms with Gasteiger partial charge in [0.05, 0.1) is 23.2 Å². The maximum absolute atomic E-state index is 13.3. The number of carbonyl (C=O) groups is 2. The maximum Gasteiger partial charge on any atom is 0.295 e. The van der Waals surface area contributed by atoms with Crippen molar-refractivity contribution in [2.75, 3.05) is 33.3 Å². The van der Waals surface area contributed by atoms with Crippen LogP contribution in [-0.2, 0) is 9.59 Å². The van der Waals surface area contributed by atoms with E-state index in [1.165, 1.54) is 12.0 Å². The summed E-state index contributed by atoms with van der Waals surface area (Å²) in [6.07, 6.45) is 0. The summed E-state index contributed by atoms with van der Waals surface area (Å²) in [4.78, 5) is 30.1. The number of aryl methyl sites for hydroxylation is 2. The van der Waals surface area contributed by atoms with Crippen LogP contribution in [0, 0.1) is 13.8 Å². The van der Waals surface area contributed by atoms with Crippen LogP contribution in [0.5, 0.6) is 11.5 Å². The Kier molecular flexibility index (Phi) is 8.05. The summed E-state index contributed by atoms with van der Waals surface area (Å²) in [6.45, 7) is 10.3. The number of halogens is 1. The van der Waals surface area contributed by atoms with Crippen LogP contribution in [0.1, 0.15) is 42.1 Å². The minimum atomic E-state index is -0.832. The zero-order valence-corrected chi connectivity index (χ0v) is 21.8. The van der Waals surface area contributed by atoms with Gasteiger partial charge in [0.2, 0.25) is 0 Å². The Morgan fingerprint density at radius 3 is 2.44 bits per heavy atom. The minimum absolute atomic E-state index is 0.0258. The molecule has 1 heterocycles. The second kappa shape index (κ2) is 10.6. The lowest BCUT2D eigenvalue weighted by molar-refractivity contribution is -0.140. The molecule has 1 unspecified atom stereocenters. The smallest absolute Gasteiger partial charge is 0.295 e. The van der Waals surface area contributed by atoms with E-state index in [4.69, 9.17) is 4.74 Å². The van der Waals surface area contributed by atoms with Gasteiger partial charge in [0.25, 0.3) is 11.7 Å². The molecule has 1 aliphatic rings. The summed E-state index contributed by atoms with van der Waals surface area (Å²) in [5.41, 5.74) is 2.80. The van der Waals surface area contributed by atoms with Crippen LogP contribution in [0.4, 0.5) is 0 Å². The van der Waals surface area contributed by atoms with E-state index in [9.17, 15) is 19.8 Å². The monoisotopic (exact) mass is 530 g/mol. The van der Waals surface area contributed by atoms with E-state index in [2.05, 4.69) is 20.8 Å². The molecular weight excluding hydrogens is 500 g/mol. The molecule has 0 aromatic heterocycles. The van der Waals surface area contributed by atoms with Crippen molar-refractivity contribution in [2.45, 2.75) is 33.7 Å². The highest BCUT2D eigenvalue weighted by atomic mass is 79.9. The topological polar surface area (TPSA) is 90.3 Å². The van der Waals surface area contributed by atoms with Gasteiger partial charge in [-0.05, 0) is 72.2 Å². The Morgan fingerprint density at radius 2 is 1.82 bits per heavy atom. The van der Waals surface area contributed by atoms with Crippen LogP contribution in [0.2, 0.25) is 0 Å². The van der Waals surface area contributed by atoms with Crippen molar-refractivity contribution < 1.29 is 24.5 Å². The van der Waals surface area contributed by atoms with Crippen LogP contribution in [0.15, 0.2) is 40.4 Å². The number of hydrogen-bond acceptors (Lipinski definition) is 6. The molecular formula is C26H31BrN2O5. The molecule has 1 amide bonds. The number of rotatable bonds is 8. The third-order valence-electron chi connectivity index (χ3n) is 6.33. The first-order valence-electron chi connectivity index (χ1n) is 11.3. The van der Waals surface area contributed by atoms with Crippen LogP contribution in [0.25, 0.3) is 5.76 Å². The number of aliphatic hydroxyl groups excluding tert-OH is 1. The van der Waals surface area contributed by atoms with Crippen molar-refractivity contribution >= 4 is 33.4 Å². The molecule has 34 heavy (non-hydrogen) atoms. The van der Waals surface area contributed by atoms with Gasteiger partial charge >= 0.3 is 0 Å². The molecule has 3 rings (SSSR count). The molecule has 1 saturated heterocycles. The molecule has 0 spiro atoms. The first-order chi connectivity index (χ1) is 16.1. The van der Waals surface area contributed by atoms with Crippen molar-refractivity contribution in [2.24, 2.45) is 0 Å². The second-order valence-electron chi connectivity index (χ2n) is 8.39. The molecule has 182 valence electrons. The molecule has 8 heteroatoms. The van der Waals surface area contributed by atoms with E-state index in [0.29, 0.717) is 28.7 Å². The van der Waals surface area contributed by atoms with E-state index in [0.717, 1.165) is 24.2 Å². The number of phenolic OH excluding ortho intramolecular Hbond substituents is 1. The fourth-order valence-corrected chi connectivity index (χ4v) is 4.75. The number of aliphatic hydroxyl groups is 1. The van der Waals surface area contributed by atoms with Gasteiger partial charge < -0.3 is 24.7 Å². The van der Waals surface area contributed by atoms with Crippen molar-refractivity contribution in [1.82, 2.24) is 9.80 Å². The average molecular weight is 531 g/mol. The molecule has 2 aromatic carbocycles. The second-order valence-corrected chi connectivity index (χ2v) is 9.25. The predicted molar refractivity (Wildman–Crippen MR) is 135 cm³/mol. The van der Waals surface area contributed by atoms with Gasteiger partial charge in [-0.2, -0.15) is 0 Å². The number of hydrogen-bond donors (Lipinski definition) is 2. The first-order valence-corrected chi connectivity index (χ1v) is 12.1. The molecule has 0 radical (unpaired) electrons. The van der Waals surface area contributed by atoms with Crippen molar-refractivity contribution in [3.8, 4) is 11.5 Å². The lowest BCUT2D eigenvalue weighted by Gasteiger charge is -2.28. The van der Waals surface area contributed by atoms with Crippen molar-refractivity contribution in [1.29, 1.82) is 0 Å². The largest absolute Gasteiger partial charge is 0.507 e. The van der Waals surface area contributed by atoms with Crippen molar-refractivity contribution in [3.05, 3.63) is 62.6 Å². The molecule has 2 aromatic rings. The number of likely N-dealkylation sites (N-methyl/N-ethyl adjacent to an activating group) is 1. The summed E-state index contributed by atoms with van der Waals surface area (Å²) >= 11 is 3.34. The summed E-state index contributed by atoms with van der Waals surface area (Å²) in [5, 5.41) is 21.7. The number of amides is 1. The normalized spacial score (nSPS) is 17.6. The van der Waals surface area contributed by atoms with E-state index < -0.39 is 17.7 Å². The minimum Gasteiger partial charge on any atom is -0.507 e. The average Bonchev–Trinajstić information content (AvgIpc) is 3.07. The third-order valence-corrected chi connectivity index (χ3v) is 6.93. The number of Topliss-reactive ketones (excluding diaryl/α,β-unsaturated/α-hetero) is 1. The SMILES string of the molecule is CCN(CC)CCN1C(=O)C(=O)/C(=C(/O)c2cc(C)ccc2C)C1c1cc(Br)c(O)c(OC)c1. The number of benzene rings is 2. The quantitative estimate of drug-likeness (QED) is 0.295. The zero-order chi connectivity index (χ0) is 25.2. The van der Waals surface area contributed by atoms with E-state index in [1.807, 2.05) is 39.8 Å². The number of ether oxygens (including phenoxy) is 1. The third kappa shape index (κ3) is 4.83. The molecule has 7 nitrogen and oxygen atoms in total. The number of phenols is 1. The number of methoxy groups -OCH3 is 1. The number of ketones is 1. The highest BCUT2D eigenvalue weighted by Crippen LogP contribution is 2.44. The fourth-order valence-electron chi connectivity index (χ4n) is 4.29. The Bertz CT molecular complexity index is 1140. The maximum atomic E-state index is 13.3.